The molecule has 0 radical (unpaired) electrons. The van der Waals surface area contributed by atoms with Crippen LogP contribution in [0.4, 0.5) is 11.4 Å². The first-order chi connectivity index (χ1) is 13.0. The number of rotatable bonds is 4. The zero-order valence-electron chi connectivity index (χ0n) is 15.6. The number of hydrogen-bond acceptors (Lipinski definition) is 5. The molecule has 0 saturated carbocycles. The minimum atomic E-state index is -1.04. The van der Waals surface area contributed by atoms with Crippen molar-refractivity contribution in [1.29, 1.82) is 0 Å². The second-order valence-electron chi connectivity index (χ2n) is 6.26. The number of nitrogens with zero attached hydrogens (tertiary/aromatic N) is 3. The normalized spacial score (nSPS) is 10.7. The largest absolute Gasteiger partial charge is 0.496 e. The third kappa shape index (κ3) is 3.10. The lowest BCUT2D eigenvalue weighted by molar-refractivity contribution is 0.0693. The second-order valence-corrected chi connectivity index (χ2v) is 6.26. The lowest BCUT2D eigenvalue weighted by Gasteiger charge is -2.13. The van der Waals surface area contributed by atoms with Crippen molar-refractivity contribution in [2.24, 2.45) is 7.05 Å². The van der Waals surface area contributed by atoms with Crippen molar-refractivity contribution in [3.8, 4) is 5.75 Å². The van der Waals surface area contributed by atoms with Crippen LogP contribution in [0.3, 0.4) is 0 Å². The number of aromatic carboxylic acids is 1. The Morgan fingerprint density at radius 1 is 1.21 bits per heavy atom. The Kier molecular flexibility index (Phi) is 5.11. The summed E-state index contributed by atoms with van der Waals surface area (Å²) in [5.74, 6) is -0.729. The number of aromatic nitrogens is 3. The van der Waals surface area contributed by atoms with Gasteiger partial charge in [-0.2, -0.15) is 5.10 Å². The maximum Gasteiger partial charge on any atom is 0.339 e. The van der Waals surface area contributed by atoms with Gasteiger partial charge in [-0.05, 0) is 31.2 Å². The van der Waals surface area contributed by atoms with Gasteiger partial charge in [-0.3, -0.25) is 4.68 Å². The zero-order chi connectivity index (χ0) is 19.1. The quantitative estimate of drug-likeness (QED) is 0.532. The van der Waals surface area contributed by atoms with Crippen LogP contribution in [0.25, 0.3) is 21.9 Å². The predicted octanol–water partition coefficient (Wildman–Crippen LogP) is 4.30. The standard InChI is InChI=1S/C20H18N4O3.ClH/c1-11-17-18(21-12-8-9-16(27-3)14(10-12)20(25)26)13-6-4-5-7-15(13)22-19(17)24(2)23-11;/h4-10H,1-3H3,(H,21,22)(H,25,26);1H. The van der Waals surface area contributed by atoms with Gasteiger partial charge in [-0.1, -0.05) is 18.2 Å². The van der Waals surface area contributed by atoms with Crippen LogP contribution in [0.15, 0.2) is 42.5 Å². The summed E-state index contributed by atoms with van der Waals surface area (Å²) in [7, 11) is 3.31. The summed E-state index contributed by atoms with van der Waals surface area (Å²) >= 11 is 0. The van der Waals surface area contributed by atoms with Crippen molar-refractivity contribution in [3.63, 3.8) is 0 Å². The molecule has 0 aliphatic carbocycles. The van der Waals surface area contributed by atoms with Gasteiger partial charge in [0.1, 0.15) is 11.3 Å². The van der Waals surface area contributed by atoms with Gasteiger partial charge in [0.15, 0.2) is 5.65 Å². The van der Waals surface area contributed by atoms with E-state index in [9.17, 15) is 9.90 Å². The number of para-hydroxylation sites is 1. The number of benzene rings is 2. The first-order valence-electron chi connectivity index (χ1n) is 8.40. The number of carbonyl (C=O) groups is 1. The van der Waals surface area contributed by atoms with E-state index in [1.54, 1.807) is 22.9 Å². The Hall–Kier alpha value is -3.32. The van der Waals surface area contributed by atoms with Crippen molar-refractivity contribution in [2.75, 3.05) is 12.4 Å². The van der Waals surface area contributed by atoms with Crippen molar-refractivity contribution in [3.05, 3.63) is 53.7 Å². The van der Waals surface area contributed by atoms with Crippen molar-refractivity contribution < 1.29 is 14.6 Å². The fourth-order valence-electron chi connectivity index (χ4n) is 3.33. The summed E-state index contributed by atoms with van der Waals surface area (Å²) in [6, 6.07) is 12.8. The topological polar surface area (TPSA) is 89.3 Å². The van der Waals surface area contributed by atoms with Gasteiger partial charge in [0.05, 0.1) is 29.4 Å². The van der Waals surface area contributed by atoms with E-state index in [1.165, 1.54) is 7.11 Å². The van der Waals surface area contributed by atoms with E-state index in [0.29, 0.717) is 11.4 Å². The van der Waals surface area contributed by atoms with Crippen LogP contribution in [-0.2, 0) is 7.05 Å². The summed E-state index contributed by atoms with van der Waals surface area (Å²) < 4.78 is 6.89. The summed E-state index contributed by atoms with van der Waals surface area (Å²) in [4.78, 5) is 16.3. The average molecular weight is 399 g/mol. The molecule has 144 valence electrons. The minimum absolute atomic E-state index is 0. The number of ether oxygens (including phenoxy) is 1. The number of nitrogens with one attached hydrogen (secondary N) is 1. The number of hydrogen-bond donors (Lipinski definition) is 2. The van der Waals surface area contributed by atoms with E-state index >= 15 is 0 Å². The molecule has 28 heavy (non-hydrogen) atoms. The van der Waals surface area contributed by atoms with Gasteiger partial charge < -0.3 is 15.2 Å². The Morgan fingerprint density at radius 3 is 2.68 bits per heavy atom. The highest BCUT2D eigenvalue weighted by molar-refractivity contribution is 6.09. The van der Waals surface area contributed by atoms with Gasteiger partial charge in [-0.15, -0.1) is 12.4 Å². The van der Waals surface area contributed by atoms with Crippen LogP contribution in [0.5, 0.6) is 5.75 Å². The molecule has 0 fully saturated rings. The summed E-state index contributed by atoms with van der Waals surface area (Å²) in [6.45, 7) is 1.93. The molecule has 0 amide bonds. The molecule has 0 saturated heterocycles. The van der Waals surface area contributed by atoms with Crippen molar-refractivity contribution in [2.45, 2.75) is 6.92 Å². The predicted molar refractivity (Wildman–Crippen MR) is 111 cm³/mol. The van der Waals surface area contributed by atoms with Crippen LogP contribution >= 0.6 is 12.4 Å². The van der Waals surface area contributed by atoms with E-state index in [4.69, 9.17) is 9.72 Å². The van der Waals surface area contributed by atoms with E-state index in [2.05, 4.69) is 10.4 Å². The van der Waals surface area contributed by atoms with Gasteiger partial charge in [-0.25, -0.2) is 9.78 Å². The molecule has 0 atom stereocenters. The van der Waals surface area contributed by atoms with Gasteiger partial charge in [0.25, 0.3) is 0 Å². The fourth-order valence-corrected chi connectivity index (χ4v) is 3.33. The lowest BCUT2D eigenvalue weighted by Crippen LogP contribution is -2.02. The molecule has 0 aliphatic heterocycles. The van der Waals surface area contributed by atoms with Gasteiger partial charge >= 0.3 is 5.97 Å². The smallest absolute Gasteiger partial charge is 0.339 e. The van der Waals surface area contributed by atoms with Gasteiger partial charge in [0.2, 0.25) is 0 Å². The molecule has 0 aliphatic rings. The number of halogens is 1. The molecule has 2 aromatic carbocycles. The number of carboxylic acids is 1. The number of anilines is 2. The summed E-state index contributed by atoms with van der Waals surface area (Å²) in [5, 5.41) is 19.2. The molecule has 0 bridgehead atoms. The van der Waals surface area contributed by atoms with Crippen molar-refractivity contribution in [1.82, 2.24) is 14.8 Å². The molecule has 4 aromatic rings. The first kappa shape index (κ1) is 19.4. The van der Waals surface area contributed by atoms with Crippen LogP contribution in [0.1, 0.15) is 16.1 Å². The Labute approximate surface area is 167 Å². The number of pyridine rings is 1. The molecule has 4 rings (SSSR count). The highest BCUT2D eigenvalue weighted by Crippen LogP contribution is 2.35. The Balaban J connectivity index is 0.00000225. The maximum atomic E-state index is 11.5. The summed E-state index contributed by atoms with van der Waals surface area (Å²) in [6.07, 6.45) is 0. The molecular weight excluding hydrogens is 380 g/mol. The lowest BCUT2D eigenvalue weighted by atomic mass is 10.1. The zero-order valence-corrected chi connectivity index (χ0v) is 16.4. The molecule has 2 aromatic heterocycles. The van der Waals surface area contributed by atoms with E-state index < -0.39 is 5.97 Å². The van der Waals surface area contributed by atoms with Gasteiger partial charge in [0, 0.05) is 18.1 Å². The van der Waals surface area contributed by atoms with Crippen molar-refractivity contribution >= 4 is 51.7 Å². The van der Waals surface area contributed by atoms with E-state index in [0.717, 1.165) is 33.3 Å². The summed E-state index contributed by atoms with van der Waals surface area (Å²) in [5.41, 5.74) is 4.04. The molecule has 2 N–H and O–H groups in total. The minimum Gasteiger partial charge on any atom is -0.496 e. The Morgan fingerprint density at radius 2 is 1.96 bits per heavy atom. The second kappa shape index (κ2) is 7.36. The van der Waals surface area contributed by atoms with Crippen LogP contribution < -0.4 is 10.1 Å². The molecule has 8 heteroatoms. The number of fused-ring (bicyclic) bond motifs is 2. The Bertz CT molecular complexity index is 1200. The molecule has 0 spiro atoms. The highest BCUT2D eigenvalue weighted by atomic mass is 35.5. The van der Waals surface area contributed by atoms with Crippen LogP contribution in [0, 0.1) is 6.92 Å². The fraction of sp³-hybridized carbons (Fsp3) is 0.150. The number of methoxy groups -OCH3 is 1. The third-order valence-electron chi connectivity index (χ3n) is 4.54. The monoisotopic (exact) mass is 398 g/mol. The molecule has 7 nitrogen and oxygen atoms in total. The number of aryl methyl sites for hydroxylation is 2. The molecule has 2 heterocycles. The molecule has 0 unspecified atom stereocenters. The maximum absolute atomic E-state index is 11.5. The highest BCUT2D eigenvalue weighted by Gasteiger charge is 2.17. The molecular formula is C20H19ClN4O3. The van der Waals surface area contributed by atoms with E-state index in [-0.39, 0.29) is 18.0 Å². The first-order valence-corrected chi connectivity index (χ1v) is 8.40. The number of carboxylic acid groups (broad SMARTS) is 1. The average Bonchev–Trinajstić information content (AvgIpc) is 2.95. The SMILES string of the molecule is COc1ccc(Nc2c3ccccc3nc3c2c(C)nn3C)cc1C(=O)O.Cl. The third-order valence-corrected chi connectivity index (χ3v) is 4.54. The van der Waals surface area contributed by atoms with Crippen LogP contribution in [-0.4, -0.2) is 33.0 Å². The van der Waals surface area contributed by atoms with Crippen LogP contribution in [0.2, 0.25) is 0 Å². The van der Waals surface area contributed by atoms with E-state index in [1.807, 2.05) is 38.2 Å².